The van der Waals surface area contributed by atoms with Crippen LogP contribution in [0.1, 0.15) is 44.6 Å². The number of thioether (sulfide) groups is 1. The van der Waals surface area contributed by atoms with Gasteiger partial charge in [-0.1, -0.05) is 32.0 Å². The first kappa shape index (κ1) is 13.6. The van der Waals surface area contributed by atoms with Crippen LogP contribution < -0.4 is 5.73 Å². The summed E-state index contributed by atoms with van der Waals surface area (Å²) in [7, 11) is 0. The number of nitrogens with two attached hydrogens (primary N) is 1. The van der Waals surface area contributed by atoms with Crippen molar-refractivity contribution in [2.45, 2.75) is 63.5 Å². The van der Waals surface area contributed by atoms with Gasteiger partial charge in [-0.3, -0.25) is 0 Å². The molecule has 2 atom stereocenters. The van der Waals surface area contributed by atoms with E-state index in [9.17, 15) is 0 Å². The highest BCUT2D eigenvalue weighted by Gasteiger charge is 2.19. The topological polar surface area (TPSA) is 52.0 Å². The molecule has 0 aliphatic rings. The minimum atomic E-state index is 0.229. The minimum absolute atomic E-state index is 0.229. The Labute approximate surface area is 102 Å². The molecular weight excluding hydrogens is 220 g/mol. The van der Waals surface area contributed by atoms with Gasteiger partial charge in [0.15, 0.2) is 0 Å². The molecule has 0 bridgehead atoms. The molecular formula is C12H22N2OS. The van der Waals surface area contributed by atoms with E-state index in [0.29, 0.717) is 5.25 Å². The van der Waals surface area contributed by atoms with Crippen LogP contribution in [-0.2, 0) is 0 Å². The van der Waals surface area contributed by atoms with E-state index < -0.39 is 0 Å². The first-order chi connectivity index (χ1) is 7.58. The van der Waals surface area contributed by atoms with Crippen LogP contribution in [0, 0.1) is 13.8 Å². The van der Waals surface area contributed by atoms with Gasteiger partial charge in [-0.25, -0.2) is 4.98 Å². The van der Waals surface area contributed by atoms with Gasteiger partial charge in [-0.2, -0.15) is 0 Å². The summed E-state index contributed by atoms with van der Waals surface area (Å²) in [6.45, 7) is 8.24. The van der Waals surface area contributed by atoms with Crippen LogP contribution in [0.15, 0.2) is 9.64 Å². The van der Waals surface area contributed by atoms with Gasteiger partial charge in [0.25, 0.3) is 5.22 Å². The largest absolute Gasteiger partial charge is 0.437 e. The average Bonchev–Trinajstić information content (AvgIpc) is 2.55. The summed E-state index contributed by atoms with van der Waals surface area (Å²) in [5, 5.41) is 1.16. The van der Waals surface area contributed by atoms with Crippen molar-refractivity contribution in [3.8, 4) is 0 Å². The SMILES string of the molecule is CCCC(N)C(CC)Sc1nc(C)c(C)o1. The van der Waals surface area contributed by atoms with Gasteiger partial charge in [0.1, 0.15) is 5.76 Å². The third-order valence-corrected chi connectivity index (χ3v) is 4.12. The van der Waals surface area contributed by atoms with E-state index in [1.165, 1.54) is 0 Å². The van der Waals surface area contributed by atoms with Gasteiger partial charge in [0, 0.05) is 11.3 Å². The molecule has 1 aromatic rings. The number of aryl methyl sites for hydroxylation is 2. The minimum Gasteiger partial charge on any atom is -0.437 e. The summed E-state index contributed by atoms with van der Waals surface area (Å²) in [6.07, 6.45) is 3.23. The van der Waals surface area contributed by atoms with Gasteiger partial charge >= 0.3 is 0 Å². The normalized spacial score (nSPS) is 15.1. The predicted molar refractivity (Wildman–Crippen MR) is 68.8 cm³/mol. The molecule has 0 saturated carbocycles. The van der Waals surface area contributed by atoms with Gasteiger partial charge in [-0.05, 0) is 26.7 Å². The van der Waals surface area contributed by atoms with Crippen LogP contribution in [0.3, 0.4) is 0 Å². The fourth-order valence-electron chi connectivity index (χ4n) is 1.62. The van der Waals surface area contributed by atoms with E-state index in [1.807, 2.05) is 13.8 Å². The van der Waals surface area contributed by atoms with Gasteiger partial charge in [0.05, 0.1) is 5.69 Å². The number of hydrogen-bond donors (Lipinski definition) is 1. The number of rotatable bonds is 6. The van der Waals surface area contributed by atoms with Crippen molar-refractivity contribution in [1.29, 1.82) is 0 Å². The summed E-state index contributed by atoms with van der Waals surface area (Å²) in [5.41, 5.74) is 7.11. The summed E-state index contributed by atoms with van der Waals surface area (Å²) >= 11 is 1.67. The third kappa shape index (κ3) is 3.52. The molecule has 0 aromatic carbocycles. The van der Waals surface area contributed by atoms with Crippen molar-refractivity contribution in [1.82, 2.24) is 4.98 Å². The molecule has 3 nitrogen and oxygen atoms in total. The molecule has 2 N–H and O–H groups in total. The van der Waals surface area contributed by atoms with Crippen LogP contribution in [0.25, 0.3) is 0 Å². The Bertz CT molecular complexity index is 305. The lowest BCUT2D eigenvalue weighted by Gasteiger charge is -2.19. The maximum Gasteiger partial charge on any atom is 0.256 e. The molecule has 1 rings (SSSR count). The lowest BCUT2D eigenvalue weighted by Crippen LogP contribution is -2.31. The summed E-state index contributed by atoms with van der Waals surface area (Å²) < 4.78 is 5.57. The number of nitrogens with zero attached hydrogens (tertiary/aromatic N) is 1. The highest BCUT2D eigenvalue weighted by Crippen LogP contribution is 2.28. The molecule has 0 saturated heterocycles. The quantitative estimate of drug-likeness (QED) is 0.778. The zero-order valence-electron chi connectivity index (χ0n) is 10.6. The maximum atomic E-state index is 6.14. The molecule has 0 radical (unpaired) electrons. The van der Waals surface area contributed by atoms with Gasteiger partial charge in [0.2, 0.25) is 0 Å². The molecule has 1 heterocycles. The summed E-state index contributed by atoms with van der Waals surface area (Å²) in [6, 6.07) is 0.229. The van der Waals surface area contributed by atoms with E-state index in [-0.39, 0.29) is 6.04 Å². The van der Waals surface area contributed by atoms with Crippen LogP contribution in [0.5, 0.6) is 0 Å². The maximum absolute atomic E-state index is 6.14. The van der Waals surface area contributed by atoms with Crippen molar-refractivity contribution < 1.29 is 4.42 Å². The van der Waals surface area contributed by atoms with Gasteiger partial charge in [-0.15, -0.1) is 0 Å². The molecule has 0 aliphatic carbocycles. The van der Waals surface area contributed by atoms with E-state index in [2.05, 4.69) is 18.8 Å². The number of aromatic nitrogens is 1. The fourth-order valence-corrected chi connectivity index (χ4v) is 2.72. The van der Waals surface area contributed by atoms with Crippen LogP contribution in [0.4, 0.5) is 0 Å². The van der Waals surface area contributed by atoms with Crippen molar-refractivity contribution in [3.63, 3.8) is 0 Å². The Morgan fingerprint density at radius 3 is 2.50 bits per heavy atom. The average molecular weight is 242 g/mol. The Hall–Kier alpha value is -0.480. The molecule has 0 spiro atoms. The standard InChI is InChI=1S/C12H22N2OS/c1-5-7-10(13)11(6-2)16-12-14-8(3)9(4)15-12/h10-11H,5-7,13H2,1-4H3. The van der Waals surface area contributed by atoms with E-state index in [4.69, 9.17) is 10.2 Å². The number of oxazole rings is 1. The third-order valence-electron chi connectivity index (χ3n) is 2.76. The van der Waals surface area contributed by atoms with E-state index >= 15 is 0 Å². The Morgan fingerprint density at radius 2 is 2.06 bits per heavy atom. The van der Waals surface area contributed by atoms with E-state index in [0.717, 1.165) is 35.9 Å². The van der Waals surface area contributed by atoms with Crippen molar-refractivity contribution in [2.75, 3.05) is 0 Å². The Balaban J connectivity index is 2.62. The molecule has 92 valence electrons. The molecule has 16 heavy (non-hydrogen) atoms. The van der Waals surface area contributed by atoms with Crippen molar-refractivity contribution in [3.05, 3.63) is 11.5 Å². The highest BCUT2D eigenvalue weighted by molar-refractivity contribution is 7.99. The number of hydrogen-bond acceptors (Lipinski definition) is 4. The van der Waals surface area contributed by atoms with Crippen LogP contribution >= 0.6 is 11.8 Å². The molecule has 2 unspecified atom stereocenters. The summed E-state index contributed by atoms with van der Waals surface area (Å²) in [5.74, 6) is 0.904. The highest BCUT2D eigenvalue weighted by atomic mass is 32.2. The molecule has 0 amide bonds. The zero-order valence-corrected chi connectivity index (χ0v) is 11.4. The second-order valence-electron chi connectivity index (χ2n) is 4.14. The Morgan fingerprint density at radius 1 is 1.38 bits per heavy atom. The monoisotopic (exact) mass is 242 g/mol. The first-order valence-electron chi connectivity index (χ1n) is 5.94. The van der Waals surface area contributed by atoms with Crippen molar-refractivity contribution >= 4 is 11.8 Å². The molecule has 0 fully saturated rings. The predicted octanol–water partition coefficient (Wildman–Crippen LogP) is 3.29. The molecule has 0 aliphatic heterocycles. The molecule has 1 aromatic heterocycles. The van der Waals surface area contributed by atoms with E-state index in [1.54, 1.807) is 11.8 Å². The second kappa shape index (κ2) is 6.30. The first-order valence-corrected chi connectivity index (χ1v) is 6.82. The summed E-state index contributed by atoms with van der Waals surface area (Å²) in [4.78, 5) is 4.38. The van der Waals surface area contributed by atoms with Gasteiger partial charge < -0.3 is 10.2 Å². The smallest absolute Gasteiger partial charge is 0.256 e. The van der Waals surface area contributed by atoms with Crippen molar-refractivity contribution in [2.24, 2.45) is 5.73 Å². The fraction of sp³-hybridized carbons (Fsp3) is 0.750. The lowest BCUT2D eigenvalue weighted by atomic mass is 10.1. The van der Waals surface area contributed by atoms with Crippen LogP contribution in [-0.4, -0.2) is 16.3 Å². The molecule has 4 heteroatoms. The Kier molecular flexibility index (Phi) is 5.35. The lowest BCUT2D eigenvalue weighted by molar-refractivity contribution is 0.428. The second-order valence-corrected chi connectivity index (χ2v) is 5.33. The zero-order chi connectivity index (χ0) is 12.1. The van der Waals surface area contributed by atoms with Crippen LogP contribution in [0.2, 0.25) is 0 Å².